The van der Waals surface area contributed by atoms with Gasteiger partial charge in [0.2, 0.25) is 0 Å². The maximum atomic E-state index is 9.41. The predicted molar refractivity (Wildman–Crippen MR) is 40.8 cm³/mol. The summed E-state index contributed by atoms with van der Waals surface area (Å²) in [7, 11) is 1.22. The second kappa shape index (κ2) is 4.32. The summed E-state index contributed by atoms with van der Waals surface area (Å²) in [6.45, 7) is -0.574. The van der Waals surface area contributed by atoms with Crippen LogP contribution in [0.4, 0.5) is 0 Å². The molecule has 0 aromatic heterocycles. The minimum atomic E-state index is -2.51. The maximum absolute atomic E-state index is 9.41. The molecule has 0 saturated carbocycles. The van der Waals surface area contributed by atoms with Crippen molar-refractivity contribution >= 4 is 0 Å². The fourth-order valence-corrected chi connectivity index (χ4v) is 1.15. The lowest BCUT2D eigenvalue weighted by molar-refractivity contribution is -0.294. The monoisotopic (exact) mass is 195 g/mol. The van der Waals surface area contributed by atoms with E-state index in [4.69, 9.17) is 11.2 Å². The van der Waals surface area contributed by atoms with Crippen LogP contribution in [0.2, 0.25) is 0 Å². The number of hydrogen-bond acceptors (Lipinski definition) is 6. The molecule has 0 aliphatic carbocycles. The molecule has 6 heteroatoms. The first-order chi connectivity index (χ1) is 6.45. The van der Waals surface area contributed by atoms with Crippen molar-refractivity contribution in [1.82, 2.24) is 0 Å². The van der Waals surface area contributed by atoms with E-state index in [0.717, 1.165) is 0 Å². The van der Waals surface area contributed by atoms with E-state index in [2.05, 4.69) is 4.74 Å². The average molecular weight is 195 g/mol. The maximum Gasteiger partial charge on any atom is 0.186 e. The molecule has 5 atom stereocenters. The molecule has 1 heterocycles. The lowest BCUT2D eigenvalue weighted by atomic mass is 9.99. The van der Waals surface area contributed by atoms with Crippen LogP contribution in [0.25, 0.3) is 0 Å². The Morgan fingerprint density at radius 2 is 2.00 bits per heavy atom. The summed E-state index contributed by atoms with van der Waals surface area (Å²) >= 11 is 0. The van der Waals surface area contributed by atoms with Gasteiger partial charge in [0, 0.05) is 7.11 Å². The number of ether oxygens (including phenoxy) is 2. The summed E-state index contributed by atoms with van der Waals surface area (Å²) in [5, 5.41) is 36.9. The molecule has 0 amide bonds. The van der Waals surface area contributed by atoms with E-state index >= 15 is 0 Å². The van der Waals surface area contributed by atoms with E-state index < -0.39 is 37.3 Å². The molecule has 0 aromatic carbocycles. The standard InChI is InChI=1S/C7H14O6/c1-12-7-6(11)5(10)4(9)3(2-8)13-7/h3-11H,2H2,1H3/t3-,4-,5+,6-,7+/m1/s1/i5D. The van der Waals surface area contributed by atoms with E-state index in [1.807, 2.05) is 0 Å². The van der Waals surface area contributed by atoms with E-state index in [0.29, 0.717) is 0 Å². The van der Waals surface area contributed by atoms with Crippen LogP contribution >= 0.6 is 0 Å². The van der Waals surface area contributed by atoms with Crippen LogP contribution < -0.4 is 0 Å². The van der Waals surface area contributed by atoms with Gasteiger partial charge in [0.05, 0.1) is 7.98 Å². The van der Waals surface area contributed by atoms with E-state index in [1.54, 1.807) is 0 Å². The van der Waals surface area contributed by atoms with Gasteiger partial charge in [0.25, 0.3) is 0 Å². The topological polar surface area (TPSA) is 99.4 Å². The van der Waals surface area contributed by atoms with Crippen molar-refractivity contribution in [3.63, 3.8) is 0 Å². The molecule has 0 spiro atoms. The Bertz CT molecular complexity index is 181. The van der Waals surface area contributed by atoms with Gasteiger partial charge >= 0.3 is 0 Å². The van der Waals surface area contributed by atoms with Crippen molar-refractivity contribution in [2.75, 3.05) is 13.7 Å². The molecule has 4 N–H and O–H groups in total. The van der Waals surface area contributed by atoms with Gasteiger partial charge in [-0.3, -0.25) is 0 Å². The van der Waals surface area contributed by atoms with E-state index in [9.17, 15) is 15.3 Å². The van der Waals surface area contributed by atoms with Crippen molar-refractivity contribution in [2.24, 2.45) is 0 Å². The molecule has 1 rings (SSSR count). The zero-order valence-electron chi connectivity index (χ0n) is 8.12. The van der Waals surface area contributed by atoms with E-state index in [-0.39, 0.29) is 0 Å². The number of rotatable bonds is 2. The Morgan fingerprint density at radius 1 is 1.38 bits per heavy atom. The minimum Gasteiger partial charge on any atom is -0.394 e. The summed E-state index contributed by atoms with van der Waals surface area (Å²) in [5.41, 5.74) is 0. The molecule has 6 nitrogen and oxygen atoms in total. The summed E-state index contributed by atoms with van der Waals surface area (Å²) in [4.78, 5) is 0. The Balaban J connectivity index is 2.84. The normalized spacial score (nSPS) is 53.2. The summed E-state index contributed by atoms with van der Waals surface area (Å²) in [6.07, 6.45) is -8.27. The predicted octanol–water partition coefficient (Wildman–Crippen LogP) is -2.57. The second-order valence-electron chi connectivity index (χ2n) is 2.78. The Morgan fingerprint density at radius 3 is 2.46 bits per heavy atom. The quantitative estimate of drug-likeness (QED) is 0.386. The molecule has 0 aromatic rings. The van der Waals surface area contributed by atoms with Gasteiger partial charge in [0.1, 0.15) is 24.4 Å². The third-order valence-corrected chi connectivity index (χ3v) is 1.94. The number of methoxy groups -OCH3 is 1. The van der Waals surface area contributed by atoms with E-state index in [1.165, 1.54) is 7.11 Å². The fraction of sp³-hybridized carbons (Fsp3) is 1.00. The minimum absolute atomic E-state index is 0.574. The van der Waals surface area contributed by atoms with Gasteiger partial charge in [0.15, 0.2) is 6.29 Å². The Labute approximate surface area is 76.7 Å². The highest BCUT2D eigenvalue weighted by Crippen LogP contribution is 2.20. The lowest BCUT2D eigenvalue weighted by Crippen LogP contribution is -2.58. The van der Waals surface area contributed by atoms with Crippen LogP contribution in [0.15, 0.2) is 0 Å². The van der Waals surface area contributed by atoms with Crippen LogP contribution in [0.3, 0.4) is 0 Å². The van der Waals surface area contributed by atoms with Gasteiger partial charge < -0.3 is 29.9 Å². The number of aliphatic hydroxyl groups is 4. The van der Waals surface area contributed by atoms with Crippen LogP contribution in [0, 0.1) is 0 Å². The fourth-order valence-electron chi connectivity index (χ4n) is 1.15. The summed E-state index contributed by atoms with van der Waals surface area (Å²) in [5.74, 6) is 0. The average Bonchev–Trinajstić information content (AvgIpc) is 2.16. The Hall–Kier alpha value is -0.240. The van der Waals surface area contributed by atoms with Crippen LogP contribution in [0.1, 0.15) is 1.37 Å². The third-order valence-electron chi connectivity index (χ3n) is 1.94. The van der Waals surface area contributed by atoms with Gasteiger partial charge in [-0.15, -0.1) is 0 Å². The zero-order chi connectivity index (χ0) is 10.9. The second-order valence-corrected chi connectivity index (χ2v) is 2.78. The SMILES string of the molecule is [2H][C@]1(O)[C@H](O)[C@@H](CO)O[C@H](OC)[C@@H]1O. The van der Waals surface area contributed by atoms with Crippen molar-refractivity contribution in [1.29, 1.82) is 0 Å². The zero-order valence-corrected chi connectivity index (χ0v) is 7.12. The molecular formula is C7H14O6. The van der Waals surface area contributed by atoms with Crippen molar-refractivity contribution in [3.05, 3.63) is 0 Å². The molecule has 1 aliphatic heterocycles. The molecule has 0 bridgehead atoms. The smallest absolute Gasteiger partial charge is 0.186 e. The number of aliphatic hydroxyl groups excluding tert-OH is 3. The van der Waals surface area contributed by atoms with Crippen LogP contribution in [-0.4, -0.2) is 64.8 Å². The Kier molecular flexibility index (Phi) is 3.09. The first kappa shape index (κ1) is 9.32. The molecule has 78 valence electrons. The highest BCUT2D eigenvalue weighted by atomic mass is 16.7. The van der Waals surface area contributed by atoms with Crippen LogP contribution in [0.5, 0.6) is 0 Å². The molecular weight excluding hydrogens is 180 g/mol. The van der Waals surface area contributed by atoms with Gasteiger partial charge in [-0.05, 0) is 0 Å². The molecule has 1 aliphatic rings. The molecule has 0 radical (unpaired) electrons. The van der Waals surface area contributed by atoms with Gasteiger partial charge in [-0.1, -0.05) is 0 Å². The molecule has 1 fully saturated rings. The number of hydrogen-bond donors (Lipinski definition) is 4. The first-order valence-corrected chi connectivity index (χ1v) is 3.82. The molecule has 1 saturated heterocycles. The lowest BCUT2D eigenvalue weighted by Gasteiger charge is -2.38. The van der Waals surface area contributed by atoms with Crippen molar-refractivity contribution in [2.45, 2.75) is 30.7 Å². The van der Waals surface area contributed by atoms with Crippen molar-refractivity contribution < 1.29 is 31.3 Å². The first-order valence-electron chi connectivity index (χ1n) is 4.32. The molecule has 0 unspecified atom stereocenters. The van der Waals surface area contributed by atoms with Gasteiger partial charge in [-0.2, -0.15) is 0 Å². The third kappa shape index (κ3) is 1.98. The van der Waals surface area contributed by atoms with Crippen LogP contribution in [-0.2, 0) is 9.47 Å². The largest absolute Gasteiger partial charge is 0.394 e. The summed E-state index contributed by atoms with van der Waals surface area (Å²) in [6, 6.07) is 0. The highest BCUT2D eigenvalue weighted by Gasteiger charge is 2.43. The molecule has 13 heavy (non-hydrogen) atoms. The summed E-state index contributed by atoms with van der Waals surface area (Å²) < 4.78 is 16.8. The van der Waals surface area contributed by atoms with Gasteiger partial charge in [-0.25, -0.2) is 0 Å². The highest BCUT2D eigenvalue weighted by molar-refractivity contribution is 4.88. The van der Waals surface area contributed by atoms with Crippen molar-refractivity contribution in [3.8, 4) is 0 Å².